The van der Waals surface area contributed by atoms with Gasteiger partial charge in [0.25, 0.3) is 0 Å². The summed E-state index contributed by atoms with van der Waals surface area (Å²) >= 11 is 0. The second-order valence-electron chi connectivity index (χ2n) is 4.84. The topological polar surface area (TPSA) is 79.6 Å². The molecule has 0 spiro atoms. The van der Waals surface area contributed by atoms with Gasteiger partial charge in [0.1, 0.15) is 5.82 Å². The van der Waals surface area contributed by atoms with Gasteiger partial charge >= 0.3 is 0 Å². The van der Waals surface area contributed by atoms with Crippen molar-refractivity contribution < 1.29 is 8.42 Å². The number of aromatic nitrogens is 3. The third kappa shape index (κ3) is 2.48. The molecule has 0 amide bonds. The number of hydrogen-bond donors (Lipinski definition) is 1. The first kappa shape index (κ1) is 13.3. The van der Waals surface area contributed by atoms with Crippen molar-refractivity contribution in [1.29, 1.82) is 0 Å². The number of nitrogens with one attached hydrogen (secondary N) is 1. The van der Waals surface area contributed by atoms with E-state index in [1.54, 1.807) is 28.1 Å². The van der Waals surface area contributed by atoms with Gasteiger partial charge in [-0.25, -0.2) is 17.9 Å². The average molecular weight is 295 g/mol. The van der Waals surface area contributed by atoms with Gasteiger partial charge in [0, 0.05) is 31.5 Å². The SMILES string of the molecule is CCS(=O)(=O)N1CCC(Nc2ccc3nccn3n2)C1. The Bertz CT molecular complexity index is 711. The predicted octanol–water partition coefficient (Wildman–Crippen LogP) is 0.565. The molecule has 7 nitrogen and oxygen atoms in total. The minimum absolute atomic E-state index is 0.102. The van der Waals surface area contributed by atoms with Gasteiger partial charge in [-0.3, -0.25) is 0 Å². The van der Waals surface area contributed by atoms with Crippen LogP contribution in [0.2, 0.25) is 0 Å². The van der Waals surface area contributed by atoms with Crippen molar-refractivity contribution in [1.82, 2.24) is 18.9 Å². The molecule has 0 radical (unpaired) electrons. The van der Waals surface area contributed by atoms with E-state index in [2.05, 4.69) is 15.4 Å². The summed E-state index contributed by atoms with van der Waals surface area (Å²) < 4.78 is 26.9. The van der Waals surface area contributed by atoms with Crippen LogP contribution in [0.25, 0.3) is 5.65 Å². The summed E-state index contributed by atoms with van der Waals surface area (Å²) in [5.74, 6) is 0.884. The second-order valence-corrected chi connectivity index (χ2v) is 7.09. The Morgan fingerprint density at radius 3 is 3.10 bits per heavy atom. The predicted molar refractivity (Wildman–Crippen MR) is 76.0 cm³/mol. The molecule has 2 aromatic rings. The Morgan fingerprint density at radius 1 is 1.45 bits per heavy atom. The van der Waals surface area contributed by atoms with Gasteiger partial charge in [-0.05, 0) is 25.5 Å². The molecule has 108 valence electrons. The molecular formula is C12H17N5O2S. The molecule has 1 aliphatic rings. The molecule has 3 rings (SSSR count). The third-order valence-electron chi connectivity index (χ3n) is 3.52. The van der Waals surface area contributed by atoms with Crippen LogP contribution in [-0.4, -0.2) is 52.2 Å². The van der Waals surface area contributed by atoms with Crippen LogP contribution in [0.3, 0.4) is 0 Å². The number of rotatable bonds is 4. The van der Waals surface area contributed by atoms with Crippen LogP contribution in [0, 0.1) is 0 Å². The Morgan fingerprint density at radius 2 is 2.30 bits per heavy atom. The van der Waals surface area contributed by atoms with Crippen LogP contribution >= 0.6 is 0 Å². The lowest BCUT2D eigenvalue weighted by Gasteiger charge is -2.16. The molecule has 0 bridgehead atoms. The average Bonchev–Trinajstić information content (AvgIpc) is 3.07. The van der Waals surface area contributed by atoms with Crippen molar-refractivity contribution >= 4 is 21.5 Å². The molecule has 0 saturated carbocycles. The van der Waals surface area contributed by atoms with Crippen LogP contribution in [0.4, 0.5) is 5.82 Å². The monoisotopic (exact) mass is 295 g/mol. The van der Waals surface area contributed by atoms with Crippen molar-refractivity contribution in [3.63, 3.8) is 0 Å². The largest absolute Gasteiger partial charge is 0.365 e. The summed E-state index contributed by atoms with van der Waals surface area (Å²) in [6.07, 6.45) is 4.27. The molecule has 1 saturated heterocycles. The molecule has 20 heavy (non-hydrogen) atoms. The standard InChI is InChI=1S/C12H17N5O2S/c1-2-20(18,19)16-7-5-10(9-16)14-11-3-4-12-13-6-8-17(12)15-11/h3-4,6,8,10H,2,5,7,9H2,1H3,(H,14,15). The van der Waals surface area contributed by atoms with Gasteiger partial charge in [0.05, 0.1) is 5.75 Å². The molecule has 1 N–H and O–H groups in total. The highest BCUT2D eigenvalue weighted by Gasteiger charge is 2.30. The van der Waals surface area contributed by atoms with Crippen LogP contribution < -0.4 is 5.32 Å². The molecule has 0 aromatic carbocycles. The molecule has 8 heteroatoms. The molecule has 1 unspecified atom stereocenters. The highest BCUT2D eigenvalue weighted by atomic mass is 32.2. The highest BCUT2D eigenvalue weighted by Crippen LogP contribution is 2.17. The molecule has 1 fully saturated rings. The number of imidazole rings is 1. The highest BCUT2D eigenvalue weighted by molar-refractivity contribution is 7.89. The number of fused-ring (bicyclic) bond motifs is 1. The first-order chi connectivity index (χ1) is 9.58. The summed E-state index contributed by atoms with van der Waals surface area (Å²) in [6, 6.07) is 3.84. The fraction of sp³-hybridized carbons (Fsp3) is 0.500. The van der Waals surface area contributed by atoms with Crippen molar-refractivity contribution in [2.75, 3.05) is 24.2 Å². The number of nitrogens with zero attached hydrogens (tertiary/aromatic N) is 4. The maximum atomic E-state index is 11.8. The van der Waals surface area contributed by atoms with Gasteiger partial charge < -0.3 is 5.32 Å². The van der Waals surface area contributed by atoms with Crippen molar-refractivity contribution in [2.24, 2.45) is 0 Å². The van der Waals surface area contributed by atoms with E-state index in [9.17, 15) is 8.42 Å². The van der Waals surface area contributed by atoms with Gasteiger partial charge in [-0.1, -0.05) is 0 Å². The lowest BCUT2D eigenvalue weighted by Crippen LogP contribution is -2.32. The summed E-state index contributed by atoms with van der Waals surface area (Å²) in [5.41, 5.74) is 0.789. The number of sulfonamides is 1. The van der Waals surface area contributed by atoms with Gasteiger partial charge in [0.2, 0.25) is 10.0 Å². The lowest BCUT2D eigenvalue weighted by molar-refractivity contribution is 0.475. The van der Waals surface area contributed by atoms with Crippen molar-refractivity contribution in [2.45, 2.75) is 19.4 Å². The molecule has 1 atom stereocenters. The molecule has 1 aliphatic heterocycles. The zero-order valence-corrected chi connectivity index (χ0v) is 12.0. The van der Waals surface area contributed by atoms with E-state index < -0.39 is 10.0 Å². The summed E-state index contributed by atoms with van der Waals surface area (Å²) in [6.45, 7) is 2.74. The normalized spacial score (nSPS) is 20.6. The minimum Gasteiger partial charge on any atom is -0.365 e. The van der Waals surface area contributed by atoms with Crippen molar-refractivity contribution in [3.05, 3.63) is 24.5 Å². The zero-order chi connectivity index (χ0) is 14.2. The molecular weight excluding hydrogens is 278 g/mol. The maximum Gasteiger partial charge on any atom is 0.213 e. The fourth-order valence-electron chi connectivity index (χ4n) is 2.38. The molecule has 2 aromatic heterocycles. The van der Waals surface area contributed by atoms with E-state index in [1.165, 1.54) is 0 Å². The van der Waals surface area contributed by atoms with E-state index in [-0.39, 0.29) is 11.8 Å². The first-order valence-corrected chi connectivity index (χ1v) is 8.24. The van der Waals surface area contributed by atoms with Gasteiger partial charge in [0.15, 0.2) is 5.65 Å². The Balaban J connectivity index is 1.70. The Hall–Kier alpha value is -1.67. The number of hydrogen-bond acceptors (Lipinski definition) is 5. The second kappa shape index (κ2) is 5.02. The lowest BCUT2D eigenvalue weighted by atomic mass is 10.2. The quantitative estimate of drug-likeness (QED) is 0.892. The molecule has 0 aliphatic carbocycles. The fourth-order valence-corrected chi connectivity index (χ4v) is 3.54. The Kier molecular flexibility index (Phi) is 3.35. The smallest absolute Gasteiger partial charge is 0.213 e. The van der Waals surface area contributed by atoms with E-state index in [4.69, 9.17) is 0 Å². The first-order valence-electron chi connectivity index (χ1n) is 6.63. The summed E-state index contributed by atoms with van der Waals surface area (Å²) in [5, 5.41) is 7.66. The van der Waals surface area contributed by atoms with E-state index in [1.807, 2.05) is 12.1 Å². The maximum absolute atomic E-state index is 11.8. The zero-order valence-electron chi connectivity index (χ0n) is 11.2. The van der Waals surface area contributed by atoms with Gasteiger partial charge in [-0.2, -0.15) is 4.31 Å². The minimum atomic E-state index is -3.09. The number of anilines is 1. The van der Waals surface area contributed by atoms with Crippen LogP contribution in [0.15, 0.2) is 24.5 Å². The van der Waals surface area contributed by atoms with E-state index in [0.29, 0.717) is 13.1 Å². The van der Waals surface area contributed by atoms with Crippen LogP contribution in [-0.2, 0) is 10.0 Å². The Labute approximate surface area is 117 Å². The molecule has 3 heterocycles. The third-order valence-corrected chi connectivity index (χ3v) is 5.36. The summed E-state index contributed by atoms with van der Waals surface area (Å²) in [7, 11) is -3.09. The van der Waals surface area contributed by atoms with E-state index >= 15 is 0 Å². The van der Waals surface area contributed by atoms with Crippen LogP contribution in [0.1, 0.15) is 13.3 Å². The van der Waals surface area contributed by atoms with E-state index in [0.717, 1.165) is 17.9 Å². The van der Waals surface area contributed by atoms with Crippen LogP contribution in [0.5, 0.6) is 0 Å². The summed E-state index contributed by atoms with van der Waals surface area (Å²) in [4.78, 5) is 4.13. The van der Waals surface area contributed by atoms with Crippen molar-refractivity contribution in [3.8, 4) is 0 Å². The van der Waals surface area contributed by atoms with Gasteiger partial charge in [-0.15, -0.1) is 5.10 Å².